The van der Waals surface area contributed by atoms with Crippen LogP contribution in [0.3, 0.4) is 0 Å². The van der Waals surface area contributed by atoms with Crippen LogP contribution < -0.4 is 10.6 Å². The van der Waals surface area contributed by atoms with Gasteiger partial charge in [0.05, 0.1) is 6.61 Å². The molecular formula is C11H26IN3OS. The van der Waals surface area contributed by atoms with E-state index in [1.165, 1.54) is 0 Å². The Morgan fingerprint density at radius 3 is 2.47 bits per heavy atom. The minimum Gasteiger partial charge on any atom is -0.383 e. The van der Waals surface area contributed by atoms with Crippen LogP contribution in [0.2, 0.25) is 0 Å². The van der Waals surface area contributed by atoms with E-state index in [2.05, 4.69) is 42.7 Å². The zero-order valence-corrected chi connectivity index (χ0v) is 14.8. The van der Waals surface area contributed by atoms with Crippen LogP contribution in [-0.2, 0) is 4.74 Å². The maximum atomic E-state index is 5.07. The molecule has 1 atom stereocenters. The summed E-state index contributed by atoms with van der Waals surface area (Å²) in [5.41, 5.74) is 0. The monoisotopic (exact) mass is 375 g/mol. The van der Waals surface area contributed by atoms with Crippen LogP contribution in [0.25, 0.3) is 0 Å². The van der Waals surface area contributed by atoms with Crippen LogP contribution >= 0.6 is 35.7 Å². The zero-order valence-electron chi connectivity index (χ0n) is 11.7. The number of nitrogens with zero attached hydrogens (tertiary/aromatic N) is 1. The third-order valence-corrected chi connectivity index (χ3v) is 3.51. The van der Waals surface area contributed by atoms with E-state index >= 15 is 0 Å². The first-order valence-corrected chi connectivity index (χ1v) is 6.69. The van der Waals surface area contributed by atoms with Crippen molar-refractivity contribution in [2.45, 2.75) is 31.6 Å². The lowest BCUT2D eigenvalue weighted by Crippen LogP contribution is -2.47. The number of guanidine groups is 1. The van der Waals surface area contributed by atoms with Gasteiger partial charge >= 0.3 is 0 Å². The van der Waals surface area contributed by atoms with Gasteiger partial charge in [-0.25, -0.2) is 0 Å². The summed E-state index contributed by atoms with van der Waals surface area (Å²) < 4.78 is 5.28. The largest absolute Gasteiger partial charge is 0.383 e. The highest BCUT2D eigenvalue weighted by molar-refractivity contribution is 14.0. The van der Waals surface area contributed by atoms with E-state index in [-0.39, 0.29) is 34.8 Å². The van der Waals surface area contributed by atoms with E-state index < -0.39 is 0 Å². The van der Waals surface area contributed by atoms with Gasteiger partial charge in [0.15, 0.2) is 5.96 Å². The van der Waals surface area contributed by atoms with Crippen LogP contribution in [0.15, 0.2) is 4.99 Å². The molecule has 0 heterocycles. The lowest BCUT2D eigenvalue weighted by atomic mass is 10.2. The molecule has 0 aliphatic rings. The summed E-state index contributed by atoms with van der Waals surface area (Å²) in [7, 11) is 3.48. The van der Waals surface area contributed by atoms with Crippen molar-refractivity contribution in [1.29, 1.82) is 0 Å². The Morgan fingerprint density at radius 2 is 2.06 bits per heavy atom. The molecule has 0 saturated heterocycles. The van der Waals surface area contributed by atoms with Crippen LogP contribution in [0.1, 0.15) is 20.8 Å². The molecular weight excluding hydrogens is 349 g/mol. The average molecular weight is 375 g/mol. The van der Waals surface area contributed by atoms with Gasteiger partial charge in [-0.3, -0.25) is 4.99 Å². The van der Waals surface area contributed by atoms with Crippen molar-refractivity contribution in [2.24, 2.45) is 4.99 Å². The van der Waals surface area contributed by atoms with Gasteiger partial charge in [-0.2, -0.15) is 11.8 Å². The number of thioether (sulfide) groups is 1. The van der Waals surface area contributed by atoms with Crippen LogP contribution in [0.4, 0.5) is 0 Å². The molecule has 0 aromatic heterocycles. The van der Waals surface area contributed by atoms with Gasteiger partial charge in [0.2, 0.25) is 0 Å². The molecule has 0 rings (SSSR count). The number of hydrogen-bond acceptors (Lipinski definition) is 3. The highest BCUT2D eigenvalue weighted by Crippen LogP contribution is 2.19. The first kappa shape index (κ1) is 19.6. The number of hydrogen-bond donors (Lipinski definition) is 2. The fourth-order valence-corrected chi connectivity index (χ4v) is 1.30. The lowest BCUT2D eigenvalue weighted by molar-refractivity contribution is 0.179. The van der Waals surface area contributed by atoms with Crippen molar-refractivity contribution in [3.8, 4) is 0 Å². The van der Waals surface area contributed by atoms with Crippen molar-refractivity contribution in [3.05, 3.63) is 0 Å². The van der Waals surface area contributed by atoms with E-state index in [0.717, 1.165) is 12.5 Å². The average Bonchev–Trinajstić information content (AvgIpc) is 2.24. The molecule has 0 aromatic rings. The summed E-state index contributed by atoms with van der Waals surface area (Å²) in [4.78, 5) is 4.18. The van der Waals surface area contributed by atoms with Crippen molar-refractivity contribution >= 4 is 41.7 Å². The fraction of sp³-hybridized carbons (Fsp3) is 0.909. The molecule has 0 spiro atoms. The highest BCUT2D eigenvalue weighted by Gasteiger charge is 2.16. The molecule has 17 heavy (non-hydrogen) atoms. The zero-order chi connectivity index (χ0) is 12.6. The molecule has 104 valence electrons. The number of ether oxygens (including phenoxy) is 1. The molecule has 6 heteroatoms. The van der Waals surface area contributed by atoms with Gasteiger partial charge in [0.25, 0.3) is 0 Å². The van der Waals surface area contributed by atoms with E-state index in [1.54, 1.807) is 14.2 Å². The highest BCUT2D eigenvalue weighted by atomic mass is 127. The van der Waals surface area contributed by atoms with Crippen LogP contribution in [0.5, 0.6) is 0 Å². The van der Waals surface area contributed by atoms with E-state index in [4.69, 9.17) is 4.74 Å². The second kappa shape index (κ2) is 10.3. The quantitative estimate of drug-likeness (QED) is 0.423. The molecule has 0 bridgehead atoms. The summed E-state index contributed by atoms with van der Waals surface area (Å²) >= 11 is 1.84. The number of nitrogens with one attached hydrogen (secondary N) is 2. The van der Waals surface area contributed by atoms with Crippen LogP contribution in [-0.4, -0.2) is 50.3 Å². The Hall–Kier alpha value is 0.310. The minimum absolute atomic E-state index is 0. The summed E-state index contributed by atoms with van der Waals surface area (Å²) in [6.07, 6.45) is 2.12. The first-order chi connectivity index (χ1) is 7.45. The molecule has 0 aliphatic carbocycles. The Labute approximate surface area is 127 Å². The second-order valence-electron chi connectivity index (χ2n) is 4.39. The van der Waals surface area contributed by atoms with Crippen molar-refractivity contribution in [2.75, 3.05) is 33.6 Å². The van der Waals surface area contributed by atoms with Gasteiger partial charge in [0, 0.05) is 31.5 Å². The fourth-order valence-electron chi connectivity index (χ4n) is 1.09. The minimum atomic E-state index is 0. The molecule has 0 aromatic carbocycles. The van der Waals surface area contributed by atoms with Gasteiger partial charge in [-0.05, 0) is 27.0 Å². The smallest absolute Gasteiger partial charge is 0.191 e. The lowest BCUT2D eigenvalue weighted by Gasteiger charge is -2.25. The predicted molar refractivity (Wildman–Crippen MR) is 88.8 cm³/mol. The molecule has 0 fully saturated rings. The second-order valence-corrected chi connectivity index (χ2v) is 5.90. The van der Waals surface area contributed by atoms with Crippen molar-refractivity contribution < 1.29 is 4.74 Å². The third-order valence-electron chi connectivity index (χ3n) is 2.26. The van der Waals surface area contributed by atoms with Crippen molar-refractivity contribution in [3.63, 3.8) is 0 Å². The molecule has 1 unspecified atom stereocenters. The van der Waals surface area contributed by atoms with Gasteiger partial charge in [-0.1, -0.05) is 0 Å². The Kier molecular flexibility index (Phi) is 11.8. The maximum Gasteiger partial charge on any atom is 0.191 e. The Balaban J connectivity index is 0. The molecule has 0 radical (unpaired) electrons. The van der Waals surface area contributed by atoms with E-state index in [0.29, 0.717) is 6.61 Å². The third kappa shape index (κ3) is 9.96. The summed E-state index contributed by atoms with van der Waals surface area (Å²) in [5, 5.41) is 6.58. The topological polar surface area (TPSA) is 45.7 Å². The predicted octanol–water partition coefficient (Wildman–Crippen LogP) is 1.95. The summed E-state index contributed by atoms with van der Waals surface area (Å²) in [5.74, 6) is 0.826. The van der Waals surface area contributed by atoms with Crippen molar-refractivity contribution in [1.82, 2.24) is 10.6 Å². The van der Waals surface area contributed by atoms with Crippen LogP contribution in [0, 0.1) is 0 Å². The molecule has 2 N–H and O–H groups in total. The van der Waals surface area contributed by atoms with Gasteiger partial charge in [-0.15, -0.1) is 24.0 Å². The molecule has 0 saturated carbocycles. The Bertz CT molecular complexity index is 225. The summed E-state index contributed by atoms with van der Waals surface area (Å²) in [6, 6.07) is 0.258. The van der Waals surface area contributed by atoms with E-state index in [1.807, 2.05) is 11.8 Å². The SMILES string of the molecule is CN=C(NCC(C)(C)SC)NC(C)COC.I. The number of aliphatic imine (C=N–C) groups is 1. The maximum absolute atomic E-state index is 5.07. The van der Waals surface area contributed by atoms with E-state index in [9.17, 15) is 0 Å². The molecule has 0 amide bonds. The van der Waals surface area contributed by atoms with Gasteiger partial charge < -0.3 is 15.4 Å². The molecule has 0 aliphatic heterocycles. The first-order valence-electron chi connectivity index (χ1n) is 5.46. The number of rotatable bonds is 6. The summed E-state index contributed by atoms with van der Waals surface area (Å²) in [6.45, 7) is 8.03. The standard InChI is InChI=1S/C11H25N3OS.HI/c1-9(7-15-5)14-10(12-4)13-8-11(2,3)16-6;/h9H,7-8H2,1-6H3,(H2,12,13,14);1H. The number of halogens is 1. The van der Waals surface area contributed by atoms with Gasteiger partial charge in [0.1, 0.15) is 0 Å². The molecule has 4 nitrogen and oxygen atoms in total. The normalized spacial score (nSPS) is 13.9. The Morgan fingerprint density at radius 1 is 1.47 bits per heavy atom. The number of methoxy groups -OCH3 is 1.